The molecule has 0 saturated heterocycles. The Morgan fingerprint density at radius 1 is 1.38 bits per heavy atom. The van der Waals surface area contributed by atoms with Crippen LogP contribution in [0.25, 0.3) is 16.2 Å². The van der Waals surface area contributed by atoms with Crippen LogP contribution < -0.4 is 5.32 Å². The monoisotopic (exact) mass is 342 g/mol. The van der Waals surface area contributed by atoms with E-state index in [4.69, 9.17) is 0 Å². The highest BCUT2D eigenvalue weighted by Gasteiger charge is 2.10. The topological polar surface area (TPSA) is 49.6 Å². The molecule has 0 saturated carbocycles. The lowest BCUT2D eigenvalue weighted by molar-refractivity contribution is -0.120. The molecule has 0 atom stereocenters. The Labute approximate surface area is 145 Å². The zero-order valence-corrected chi connectivity index (χ0v) is 15.1. The highest BCUT2D eigenvalue weighted by molar-refractivity contribution is 7.15. The minimum Gasteiger partial charge on any atom is -0.355 e. The maximum absolute atomic E-state index is 12.1. The summed E-state index contributed by atoms with van der Waals surface area (Å²) in [7, 11) is 3.99. The second-order valence-corrected chi connectivity index (χ2v) is 7.07. The second kappa shape index (κ2) is 7.15. The largest absolute Gasteiger partial charge is 0.355 e. The third-order valence-corrected chi connectivity index (χ3v) is 4.69. The van der Waals surface area contributed by atoms with E-state index in [0.717, 1.165) is 33.9 Å². The van der Waals surface area contributed by atoms with Crippen LogP contribution >= 0.6 is 11.3 Å². The molecule has 24 heavy (non-hydrogen) atoms. The Kier molecular flexibility index (Phi) is 4.97. The Hall–Kier alpha value is -2.18. The summed E-state index contributed by atoms with van der Waals surface area (Å²) in [6.07, 6.45) is 4.44. The molecule has 0 aliphatic carbocycles. The highest BCUT2D eigenvalue weighted by Crippen LogP contribution is 2.25. The molecule has 5 nitrogen and oxygen atoms in total. The van der Waals surface area contributed by atoms with Crippen LogP contribution in [0.5, 0.6) is 0 Å². The number of fused-ring (bicyclic) bond motifs is 1. The van der Waals surface area contributed by atoms with Gasteiger partial charge in [-0.2, -0.15) is 0 Å². The molecular weight excluding hydrogens is 320 g/mol. The van der Waals surface area contributed by atoms with Gasteiger partial charge in [0.15, 0.2) is 4.96 Å². The standard InChI is InChI=1S/C18H22N4OS/c1-13-4-5-14(11-17(23)19-6-7-21(2)3)10-15(13)16-12-22-8-9-24-18(22)20-16/h4-5,8-10,12H,6-7,11H2,1-3H3,(H,19,23). The van der Waals surface area contributed by atoms with Crippen LogP contribution in [0.4, 0.5) is 0 Å². The van der Waals surface area contributed by atoms with Gasteiger partial charge in [-0.05, 0) is 38.2 Å². The molecule has 126 valence electrons. The van der Waals surface area contributed by atoms with E-state index in [1.54, 1.807) is 11.3 Å². The van der Waals surface area contributed by atoms with Crippen LogP contribution in [0, 0.1) is 6.92 Å². The molecule has 0 aliphatic heterocycles. The van der Waals surface area contributed by atoms with E-state index < -0.39 is 0 Å². The van der Waals surface area contributed by atoms with Gasteiger partial charge in [-0.25, -0.2) is 4.98 Å². The molecular formula is C18H22N4OS. The molecule has 3 rings (SSSR count). The second-order valence-electron chi connectivity index (χ2n) is 6.20. The molecule has 1 amide bonds. The molecule has 6 heteroatoms. The smallest absolute Gasteiger partial charge is 0.224 e. The molecule has 0 radical (unpaired) electrons. The minimum atomic E-state index is 0.0532. The van der Waals surface area contributed by atoms with Crippen molar-refractivity contribution in [3.8, 4) is 11.3 Å². The number of nitrogens with zero attached hydrogens (tertiary/aromatic N) is 3. The minimum absolute atomic E-state index is 0.0532. The van der Waals surface area contributed by atoms with Crippen molar-refractivity contribution in [2.24, 2.45) is 0 Å². The SMILES string of the molecule is Cc1ccc(CC(=O)NCCN(C)C)cc1-c1cn2ccsc2n1. The van der Waals surface area contributed by atoms with Crippen LogP contribution in [0.1, 0.15) is 11.1 Å². The van der Waals surface area contributed by atoms with E-state index in [-0.39, 0.29) is 5.91 Å². The summed E-state index contributed by atoms with van der Waals surface area (Å²) >= 11 is 1.62. The Balaban J connectivity index is 1.74. The molecule has 3 aromatic rings. The predicted molar refractivity (Wildman–Crippen MR) is 98.5 cm³/mol. The van der Waals surface area contributed by atoms with Gasteiger partial charge in [-0.1, -0.05) is 12.1 Å². The third kappa shape index (κ3) is 3.83. The van der Waals surface area contributed by atoms with Crippen molar-refractivity contribution in [1.29, 1.82) is 0 Å². The Morgan fingerprint density at radius 2 is 2.21 bits per heavy atom. The van der Waals surface area contributed by atoms with Gasteiger partial charge in [0, 0.05) is 36.4 Å². The van der Waals surface area contributed by atoms with Crippen molar-refractivity contribution >= 4 is 22.2 Å². The fourth-order valence-corrected chi connectivity index (χ4v) is 3.28. The van der Waals surface area contributed by atoms with Crippen molar-refractivity contribution in [1.82, 2.24) is 19.6 Å². The van der Waals surface area contributed by atoms with Gasteiger partial charge in [0.25, 0.3) is 0 Å². The first-order valence-corrected chi connectivity index (χ1v) is 8.84. The fraction of sp³-hybridized carbons (Fsp3) is 0.333. The van der Waals surface area contributed by atoms with Gasteiger partial charge in [-0.3, -0.25) is 9.20 Å². The summed E-state index contributed by atoms with van der Waals surface area (Å²) in [6.45, 7) is 3.59. The van der Waals surface area contributed by atoms with Gasteiger partial charge in [0.05, 0.1) is 12.1 Å². The number of aromatic nitrogens is 2. The molecule has 0 bridgehead atoms. The summed E-state index contributed by atoms with van der Waals surface area (Å²) in [5.74, 6) is 0.0532. The van der Waals surface area contributed by atoms with Crippen LogP contribution in [-0.4, -0.2) is 47.4 Å². The highest BCUT2D eigenvalue weighted by atomic mass is 32.1. The predicted octanol–water partition coefficient (Wildman–Crippen LogP) is 2.59. The number of thiazole rings is 1. The first-order valence-electron chi connectivity index (χ1n) is 7.96. The van der Waals surface area contributed by atoms with Crippen molar-refractivity contribution in [2.75, 3.05) is 27.2 Å². The van der Waals surface area contributed by atoms with E-state index in [0.29, 0.717) is 13.0 Å². The summed E-state index contributed by atoms with van der Waals surface area (Å²) in [6, 6.07) is 6.15. The molecule has 0 spiro atoms. The van der Waals surface area contributed by atoms with E-state index in [1.165, 1.54) is 0 Å². The summed E-state index contributed by atoms with van der Waals surface area (Å²) < 4.78 is 2.03. The van der Waals surface area contributed by atoms with E-state index in [2.05, 4.69) is 34.3 Å². The van der Waals surface area contributed by atoms with Crippen molar-refractivity contribution < 1.29 is 4.79 Å². The van der Waals surface area contributed by atoms with Crippen LogP contribution in [0.2, 0.25) is 0 Å². The number of nitrogens with one attached hydrogen (secondary N) is 1. The number of imidazole rings is 1. The first kappa shape index (κ1) is 16.7. The molecule has 1 aromatic carbocycles. The average molecular weight is 342 g/mol. The zero-order chi connectivity index (χ0) is 17.1. The number of carbonyl (C=O) groups excluding carboxylic acids is 1. The summed E-state index contributed by atoms with van der Waals surface area (Å²) in [5.41, 5.74) is 4.21. The summed E-state index contributed by atoms with van der Waals surface area (Å²) in [5, 5.41) is 4.98. The van der Waals surface area contributed by atoms with E-state index in [1.807, 2.05) is 42.3 Å². The lowest BCUT2D eigenvalue weighted by atomic mass is 10.0. The molecule has 0 fully saturated rings. The average Bonchev–Trinajstić information content (AvgIpc) is 3.10. The molecule has 0 unspecified atom stereocenters. The lowest BCUT2D eigenvalue weighted by Crippen LogP contribution is -2.32. The third-order valence-electron chi connectivity index (χ3n) is 3.92. The number of hydrogen-bond donors (Lipinski definition) is 1. The first-order chi connectivity index (χ1) is 11.5. The van der Waals surface area contributed by atoms with Crippen molar-refractivity contribution in [2.45, 2.75) is 13.3 Å². The van der Waals surface area contributed by atoms with E-state index >= 15 is 0 Å². The Morgan fingerprint density at radius 3 is 2.96 bits per heavy atom. The lowest BCUT2D eigenvalue weighted by Gasteiger charge is -2.11. The van der Waals surface area contributed by atoms with Gasteiger partial charge >= 0.3 is 0 Å². The van der Waals surface area contributed by atoms with Crippen LogP contribution in [-0.2, 0) is 11.2 Å². The normalized spacial score (nSPS) is 11.3. The molecule has 0 aliphatic rings. The van der Waals surface area contributed by atoms with Gasteiger partial charge in [-0.15, -0.1) is 11.3 Å². The quantitative estimate of drug-likeness (QED) is 0.749. The molecule has 2 aromatic heterocycles. The Bertz CT molecular complexity index is 821. The number of rotatable bonds is 6. The number of hydrogen-bond acceptors (Lipinski definition) is 4. The van der Waals surface area contributed by atoms with Crippen LogP contribution in [0.15, 0.2) is 36.0 Å². The number of carbonyl (C=O) groups is 1. The molecule has 2 heterocycles. The van der Waals surface area contributed by atoms with Crippen molar-refractivity contribution in [3.05, 3.63) is 47.1 Å². The van der Waals surface area contributed by atoms with Gasteiger partial charge in [0.2, 0.25) is 5.91 Å². The maximum Gasteiger partial charge on any atom is 0.224 e. The maximum atomic E-state index is 12.1. The number of benzene rings is 1. The fourth-order valence-electron chi connectivity index (χ4n) is 2.58. The van der Waals surface area contributed by atoms with Crippen molar-refractivity contribution in [3.63, 3.8) is 0 Å². The number of likely N-dealkylation sites (N-methyl/N-ethyl adjacent to an activating group) is 1. The zero-order valence-electron chi connectivity index (χ0n) is 14.2. The van der Waals surface area contributed by atoms with Gasteiger partial charge in [0.1, 0.15) is 0 Å². The van der Waals surface area contributed by atoms with E-state index in [9.17, 15) is 4.79 Å². The van der Waals surface area contributed by atoms with Crippen LogP contribution in [0.3, 0.4) is 0 Å². The summed E-state index contributed by atoms with van der Waals surface area (Å²) in [4.78, 5) is 19.8. The van der Waals surface area contributed by atoms with Gasteiger partial charge < -0.3 is 10.2 Å². The number of amides is 1. The number of aryl methyl sites for hydroxylation is 1. The molecule has 1 N–H and O–H groups in total.